The molecule has 3 N–H and O–H groups in total. The first kappa shape index (κ1) is 23.0. The molecular weight excluding hydrogens is 471 g/mol. The molecule has 0 bridgehead atoms. The number of carbonyl (C=O) groups excluding carboxylic acids is 2. The number of benzene rings is 1. The fourth-order valence-electron chi connectivity index (χ4n) is 4.26. The summed E-state index contributed by atoms with van der Waals surface area (Å²) in [5, 5.41) is 9.70. The number of anilines is 1. The van der Waals surface area contributed by atoms with Crippen molar-refractivity contribution in [3.63, 3.8) is 0 Å². The molecule has 8 nitrogen and oxygen atoms in total. The SMILES string of the molecule is C#CC(=O)N[C@H]1CCC[C@H]1Nc1ncc2cc(-c3cc(C(=O)NC4CC4)c(F)cc3Cl)cnc2n1. The van der Waals surface area contributed by atoms with Crippen LogP contribution in [0.2, 0.25) is 5.02 Å². The zero-order valence-electron chi connectivity index (χ0n) is 18.6. The van der Waals surface area contributed by atoms with Gasteiger partial charge in [0.25, 0.3) is 11.8 Å². The van der Waals surface area contributed by atoms with Gasteiger partial charge >= 0.3 is 0 Å². The molecule has 2 atom stereocenters. The molecule has 178 valence electrons. The number of nitrogens with one attached hydrogen (secondary N) is 3. The first-order valence-electron chi connectivity index (χ1n) is 11.4. The Balaban J connectivity index is 1.38. The van der Waals surface area contributed by atoms with E-state index in [2.05, 4.69) is 36.8 Å². The fourth-order valence-corrected chi connectivity index (χ4v) is 4.52. The molecule has 3 aromatic rings. The van der Waals surface area contributed by atoms with Gasteiger partial charge in [-0.3, -0.25) is 9.59 Å². The average Bonchev–Trinajstić information content (AvgIpc) is 3.56. The lowest BCUT2D eigenvalue weighted by Crippen LogP contribution is -2.43. The lowest BCUT2D eigenvalue weighted by Gasteiger charge is -2.21. The quantitative estimate of drug-likeness (QED) is 0.455. The lowest BCUT2D eigenvalue weighted by molar-refractivity contribution is -0.116. The number of aromatic nitrogens is 3. The summed E-state index contributed by atoms with van der Waals surface area (Å²) in [6.07, 6.45) is 12.8. The van der Waals surface area contributed by atoms with Crippen LogP contribution in [0, 0.1) is 18.2 Å². The van der Waals surface area contributed by atoms with Gasteiger partial charge in [-0.25, -0.2) is 14.4 Å². The molecule has 0 spiro atoms. The first-order chi connectivity index (χ1) is 16.9. The molecule has 35 heavy (non-hydrogen) atoms. The predicted octanol–water partition coefficient (Wildman–Crippen LogP) is 3.46. The topological polar surface area (TPSA) is 109 Å². The standard InChI is InChI=1S/C25H22ClFN6O2/c1-2-22(34)31-20-4-3-5-21(20)32-25-29-12-14-8-13(11-28-23(14)33-25)16-9-17(19(27)10-18(16)26)24(35)30-15-6-7-15/h1,8-12,15,20-21H,3-7H2,(H,30,35)(H,31,34)(H,28,29,32,33)/t20-,21+/m0/s1. The van der Waals surface area contributed by atoms with Crippen LogP contribution in [0.1, 0.15) is 42.5 Å². The van der Waals surface area contributed by atoms with Crippen LogP contribution >= 0.6 is 11.6 Å². The van der Waals surface area contributed by atoms with Crippen LogP contribution in [0.3, 0.4) is 0 Å². The Hall–Kier alpha value is -3.77. The molecule has 5 rings (SSSR count). The van der Waals surface area contributed by atoms with Gasteiger partial charge in [-0.05, 0) is 56.2 Å². The van der Waals surface area contributed by atoms with Crippen molar-refractivity contribution < 1.29 is 14.0 Å². The molecule has 2 heterocycles. The molecule has 0 unspecified atom stereocenters. The number of hydrogen-bond acceptors (Lipinski definition) is 6. The summed E-state index contributed by atoms with van der Waals surface area (Å²) in [6.45, 7) is 0. The van der Waals surface area contributed by atoms with Crippen molar-refractivity contribution in [1.82, 2.24) is 25.6 Å². The highest BCUT2D eigenvalue weighted by molar-refractivity contribution is 6.33. The molecule has 2 saturated carbocycles. The highest BCUT2D eigenvalue weighted by Gasteiger charge is 2.29. The largest absolute Gasteiger partial charge is 0.349 e. The predicted molar refractivity (Wildman–Crippen MR) is 130 cm³/mol. The van der Waals surface area contributed by atoms with Gasteiger partial charge < -0.3 is 16.0 Å². The number of rotatable bonds is 6. The van der Waals surface area contributed by atoms with Crippen LogP contribution in [0.4, 0.5) is 10.3 Å². The summed E-state index contributed by atoms with van der Waals surface area (Å²) in [6, 6.07) is 4.35. The van der Waals surface area contributed by atoms with Gasteiger partial charge in [0.05, 0.1) is 10.6 Å². The van der Waals surface area contributed by atoms with E-state index in [9.17, 15) is 14.0 Å². The number of terminal acetylenes is 1. The third-order valence-corrected chi connectivity index (χ3v) is 6.55. The van der Waals surface area contributed by atoms with E-state index in [-0.39, 0.29) is 28.7 Å². The summed E-state index contributed by atoms with van der Waals surface area (Å²) in [4.78, 5) is 37.3. The maximum atomic E-state index is 14.4. The van der Waals surface area contributed by atoms with Crippen LogP contribution in [-0.4, -0.2) is 44.9 Å². The Morgan fingerprint density at radius 2 is 1.86 bits per heavy atom. The average molecular weight is 493 g/mol. The molecule has 0 aliphatic heterocycles. The van der Waals surface area contributed by atoms with Gasteiger partial charge in [-0.15, -0.1) is 6.42 Å². The van der Waals surface area contributed by atoms with Crippen molar-refractivity contribution >= 4 is 40.4 Å². The van der Waals surface area contributed by atoms with Crippen LogP contribution in [0.25, 0.3) is 22.2 Å². The van der Waals surface area contributed by atoms with Crippen LogP contribution in [0.15, 0.2) is 30.6 Å². The second-order valence-corrected chi connectivity index (χ2v) is 9.20. The van der Waals surface area contributed by atoms with Gasteiger partial charge in [0.1, 0.15) is 5.82 Å². The molecule has 1 aromatic carbocycles. The molecular formula is C25H22ClFN6O2. The first-order valence-corrected chi connectivity index (χ1v) is 11.8. The van der Waals surface area contributed by atoms with Crippen LogP contribution in [0.5, 0.6) is 0 Å². The van der Waals surface area contributed by atoms with E-state index in [1.807, 2.05) is 0 Å². The highest BCUT2D eigenvalue weighted by Crippen LogP contribution is 2.32. The number of hydrogen-bond donors (Lipinski definition) is 3. The number of carbonyl (C=O) groups is 2. The van der Waals surface area contributed by atoms with Gasteiger partial charge in [-0.1, -0.05) is 11.6 Å². The Morgan fingerprint density at radius 3 is 2.63 bits per heavy atom. The summed E-state index contributed by atoms with van der Waals surface area (Å²) < 4.78 is 14.4. The highest BCUT2D eigenvalue weighted by atomic mass is 35.5. The number of nitrogens with zero attached hydrogens (tertiary/aromatic N) is 3. The Labute approximate surface area is 206 Å². The zero-order chi connectivity index (χ0) is 24.5. The van der Waals surface area contributed by atoms with E-state index < -0.39 is 17.6 Å². The van der Waals surface area contributed by atoms with Crippen LogP contribution in [-0.2, 0) is 4.79 Å². The Bertz CT molecular complexity index is 1370. The van der Waals surface area contributed by atoms with Gasteiger partial charge in [0.2, 0.25) is 5.95 Å². The molecule has 2 aliphatic rings. The smallest absolute Gasteiger partial charge is 0.295 e. The summed E-state index contributed by atoms with van der Waals surface area (Å²) >= 11 is 6.31. The van der Waals surface area contributed by atoms with E-state index in [4.69, 9.17) is 18.0 Å². The summed E-state index contributed by atoms with van der Waals surface area (Å²) in [7, 11) is 0. The van der Waals surface area contributed by atoms with Crippen molar-refractivity contribution in [2.75, 3.05) is 5.32 Å². The molecule has 10 heteroatoms. The normalized spacial score (nSPS) is 19.2. The molecule has 2 aliphatic carbocycles. The van der Waals surface area contributed by atoms with E-state index in [1.165, 1.54) is 6.07 Å². The van der Waals surface area contributed by atoms with E-state index in [0.29, 0.717) is 28.1 Å². The van der Waals surface area contributed by atoms with Gasteiger partial charge in [-0.2, -0.15) is 4.98 Å². The number of fused-ring (bicyclic) bond motifs is 1. The van der Waals surface area contributed by atoms with Gasteiger partial charge in [0, 0.05) is 47.0 Å². The van der Waals surface area contributed by atoms with Gasteiger partial charge in [0.15, 0.2) is 5.65 Å². The number of pyridine rings is 1. The second-order valence-electron chi connectivity index (χ2n) is 8.80. The molecule has 0 saturated heterocycles. The maximum Gasteiger partial charge on any atom is 0.295 e. The van der Waals surface area contributed by atoms with Crippen LogP contribution < -0.4 is 16.0 Å². The fraction of sp³-hybridized carbons (Fsp3) is 0.320. The lowest BCUT2D eigenvalue weighted by atomic mass is 10.0. The Morgan fingerprint density at radius 1 is 1.06 bits per heavy atom. The maximum absolute atomic E-state index is 14.4. The number of amides is 2. The van der Waals surface area contributed by atoms with Crippen molar-refractivity contribution in [2.45, 2.75) is 50.2 Å². The van der Waals surface area contributed by atoms with Crippen molar-refractivity contribution in [3.8, 4) is 23.5 Å². The number of halogens is 2. The van der Waals surface area contributed by atoms with E-state index in [1.54, 1.807) is 18.5 Å². The molecule has 2 fully saturated rings. The summed E-state index contributed by atoms with van der Waals surface area (Å²) in [5.41, 5.74) is 1.50. The van der Waals surface area contributed by atoms with E-state index in [0.717, 1.165) is 38.2 Å². The summed E-state index contributed by atoms with van der Waals surface area (Å²) in [5.74, 6) is 0.896. The van der Waals surface area contributed by atoms with Crippen molar-refractivity contribution in [3.05, 3.63) is 47.0 Å². The van der Waals surface area contributed by atoms with E-state index >= 15 is 0 Å². The molecule has 2 amide bonds. The van der Waals surface area contributed by atoms with Crippen molar-refractivity contribution in [1.29, 1.82) is 0 Å². The van der Waals surface area contributed by atoms with Crippen molar-refractivity contribution in [2.24, 2.45) is 0 Å². The Kier molecular flexibility index (Phi) is 6.22. The zero-order valence-corrected chi connectivity index (χ0v) is 19.4. The third kappa shape index (κ3) is 5.03. The monoisotopic (exact) mass is 492 g/mol. The molecule has 2 aromatic heterocycles. The third-order valence-electron chi connectivity index (χ3n) is 6.24. The minimum atomic E-state index is -0.673. The molecule has 0 radical (unpaired) electrons. The minimum Gasteiger partial charge on any atom is -0.349 e. The second kappa shape index (κ2) is 9.47. The minimum absolute atomic E-state index is 0.0396.